The van der Waals surface area contributed by atoms with Crippen LogP contribution in [-0.4, -0.2) is 10.2 Å². The lowest BCUT2D eigenvalue weighted by molar-refractivity contribution is 0.770. The van der Waals surface area contributed by atoms with E-state index in [0.29, 0.717) is 16.0 Å². The molecule has 0 saturated heterocycles. The Balaban J connectivity index is 2.03. The van der Waals surface area contributed by atoms with Gasteiger partial charge in [-0.3, -0.25) is 5.10 Å². The molecule has 0 saturated carbocycles. The molecule has 0 spiro atoms. The quantitative estimate of drug-likeness (QED) is 0.822. The predicted molar refractivity (Wildman–Crippen MR) is 65.2 cm³/mol. The van der Waals surface area contributed by atoms with Gasteiger partial charge in [0.25, 0.3) is 0 Å². The van der Waals surface area contributed by atoms with Crippen LogP contribution in [0, 0.1) is 0 Å². The van der Waals surface area contributed by atoms with Crippen LogP contribution in [0.5, 0.6) is 0 Å². The van der Waals surface area contributed by atoms with Crippen LogP contribution in [0.1, 0.15) is 29.2 Å². The second-order valence-electron chi connectivity index (χ2n) is 4.07. The summed E-state index contributed by atoms with van der Waals surface area (Å²) in [4.78, 5) is 0. The largest absolute Gasteiger partial charge is 0.282 e. The van der Waals surface area contributed by atoms with E-state index in [-0.39, 0.29) is 0 Å². The summed E-state index contributed by atoms with van der Waals surface area (Å²) in [5, 5.41) is 8.34. The number of nitrogens with one attached hydrogen (secondary N) is 1. The first-order valence-corrected chi connectivity index (χ1v) is 5.98. The number of halogens is 2. The summed E-state index contributed by atoms with van der Waals surface area (Å²) in [6.07, 6.45) is 4.08. The van der Waals surface area contributed by atoms with Crippen LogP contribution < -0.4 is 0 Å². The Kier molecular flexibility index (Phi) is 2.41. The average Bonchev–Trinajstić information content (AvgIpc) is 2.83. The Labute approximate surface area is 104 Å². The minimum absolute atomic E-state index is 0.406. The van der Waals surface area contributed by atoms with Gasteiger partial charge in [0.05, 0.1) is 16.2 Å². The molecule has 1 heterocycles. The number of benzene rings is 1. The number of rotatable bonds is 1. The fraction of sp³-hybridized carbons (Fsp3) is 0.250. The van der Waals surface area contributed by atoms with E-state index >= 15 is 0 Å². The molecule has 2 aromatic rings. The molecule has 1 aliphatic rings. The zero-order valence-electron chi connectivity index (χ0n) is 8.50. The number of hydrogen-bond acceptors (Lipinski definition) is 1. The first kappa shape index (κ1) is 10.2. The number of aromatic nitrogens is 2. The SMILES string of the molecule is Clc1ccc(C2CCc3[nH]ncc32)cc1Cl. The molecule has 82 valence electrons. The zero-order valence-corrected chi connectivity index (χ0v) is 10.0. The molecule has 2 nitrogen and oxygen atoms in total. The van der Waals surface area contributed by atoms with Crippen molar-refractivity contribution >= 4 is 23.2 Å². The third-order valence-corrected chi connectivity index (χ3v) is 3.90. The molecule has 1 aromatic heterocycles. The van der Waals surface area contributed by atoms with Crippen molar-refractivity contribution in [1.29, 1.82) is 0 Å². The molecule has 0 bridgehead atoms. The van der Waals surface area contributed by atoms with Crippen molar-refractivity contribution < 1.29 is 0 Å². The van der Waals surface area contributed by atoms with Gasteiger partial charge in [-0.05, 0) is 30.5 Å². The van der Waals surface area contributed by atoms with Crippen LogP contribution in [0.4, 0.5) is 0 Å². The molecule has 1 aliphatic carbocycles. The molecule has 0 amide bonds. The lowest BCUT2D eigenvalue weighted by Gasteiger charge is -2.10. The normalized spacial score (nSPS) is 18.8. The van der Waals surface area contributed by atoms with Gasteiger partial charge in [-0.25, -0.2) is 0 Å². The molecule has 1 aromatic carbocycles. The summed E-state index contributed by atoms with van der Waals surface area (Å²) in [7, 11) is 0. The predicted octanol–water partition coefficient (Wildman–Crippen LogP) is 3.79. The molecule has 16 heavy (non-hydrogen) atoms. The van der Waals surface area contributed by atoms with Gasteiger partial charge in [0.2, 0.25) is 0 Å². The van der Waals surface area contributed by atoms with Gasteiger partial charge in [-0.15, -0.1) is 0 Å². The molecule has 1 N–H and O–H groups in total. The maximum absolute atomic E-state index is 6.04. The van der Waals surface area contributed by atoms with Crippen molar-refractivity contribution in [3.05, 3.63) is 51.3 Å². The van der Waals surface area contributed by atoms with Crippen LogP contribution in [0.15, 0.2) is 24.4 Å². The molecule has 0 aliphatic heterocycles. The summed E-state index contributed by atoms with van der Waals surface area (Å²) < 4.78 is 0. The van der Waals surface area contributed by atoms with Gasteiger partial charge < -0.3 is 0 Å². The highest BCUT2D eigenvalue weighted by molar-refractivity contribution is 6.42. The Morgan fingerprint density at radius 1 is 1.25 bits per heavy atom. The first-order chi connectivity index (χ1) is 7.75. The highest BCUT2D eigenvalue weighted by atomic mass is 35.5. The minimum Gasteiger partial charge on any atom is -0.282 e. The van der Waals surface area contributed by atoms with Crippen LogP contribution in [0.25, 0.3) is 0 Å². The van der Waals surface area contributed by atoms with E-state index in [1.165, 1.54) is 16.8 Å². The zero-order chi connectivity index (χ0) is 11.1. The summed E-state index contributed by atoms with van der Waals surface area (Å²) in [5.41, 5.74) is 3.75. The number of fused-ring (bicyclic) bond motifs is 1. The van der Waals surface area contributed by atoms with Gasteiger partial charge in [-0.2, -0.15) is 5.10 Å². The van der Waals surface area contributed by atoms with E-state index < -0.39 is 0 Å². The van der Waals surface area contributed by atoms with E-state index in [0.717, 1.165) is 12.8 Å². The smallest absolute Gasteiger partial charge is 0.0595 e. The van der Waals surface area contributed by atoms with Crippen LogP contribution in [0.3, 0.4) is 0 Å². The van der Waals surface area contributed by atoms with Crippen LogP contribution in [0.2, 0.25) is 10.0 Å². The highest BCUT2D eigenvalue weighted by Gasteiger charge is 2.25. The van der Waals surface area contributed by atoms with Crippen molar-refractivity contribution in [3.8, 4) is 0 Å². The molecular weight excluding hydrogens is 243 g/mol. The summed E-state index contributed by atoms with van der Waals surface area (Å²) in [5.74, 6) is 0.406. The third-order valence-electron chi connectivity index (χ3n) is 3.16. The fourth-order valence-corrected chi connectivity index (χ4v) is 2.65. The van der Waals surface area contributed by atoms with E-state index in [9.17, 15) is 0 Å². The fourth-order valence-electron chi connectivity index (χ4n) is 2.34. The van der Waals surface area contributed by atoms with Crippen LogP contribution in [-0.2, 0) is 6.42 Å². The van der Waals surface area contributed by atoms with E-state index in [4.69, 9.17) is 23.2 Å². The van der Waals surface area contributed by atoms with E-state index in [2.05, 4.69) is 10.2 Å². The average molecular weight is 253 g/mol. The number of H-pyrrole nitrogens is 1. The van der Waals surface area contributed by atoms with E-state index in [1.54, 1.807) is 0 Å². The Morgan fingerprint density at radius 2 is 2.12 bits per heavy atom. The van der Waals surface area contributed by atoms with Crippen LogP contribution >= 0.6 is 23.2 Å². The van der Waals surface area contributed by atoms with Gasteiger partial charge in [0.15, 0.2) is 0 Å². The van der Waals surface area contributed by atoms with Crippen molar-refractivity contribution in [2.45, 2.75) is 18.8 Å². The Bertz CT molecular complexity index is 534. The number of aromatic amines is 1. The lowest BCUT2D eigenvalue weighted by atomic mass is 9.95. The highest BCUT2D eigenvalue weighted by Crippen LogP contribution is 2.38. The van der Waals surface area contributed by atoms with Crippen molar-refractivity contribution in [2.24, 2.45) is 0 Å². The number of hydrogen-bond donors (Lipinski definition) is 1. The topological polar surface area (TPSA) is 28.7 Å². The standard InChI is InChI=1S/C12H10Cl2N2/c13-10-3-1-7(5-11(10)14)8-2-4-12-9(8)6-15-16-12/h1,3,5-6,8H,2,4H2,(H,15,16). The monoisotopic (exact) mass is 252 g/mol. The molecule has 1 unspecified atom stereocenters. The molecule has 1 atom stereocenters. The summed E-state index contributed by atoms with van der Waals surface area (Å²) in [6, 6.07) is 5.86. The summed E-state index contributed by atoms with van der Waals surface area (Å²) in [6.45, 7) is 0. The Hall–Kier alpha value is -0.990. The maximum Gasteiger partial charge on any atom is 0.0595 e. The van der Waals surface area contributed by atoms with Gasteiger partial charge in [0, 0.05) is 17.2 Å². The molecular formula is C12H10Cl2N2. The van der Waals surface area contributed by atoms with Gasteiger partial charge in [-0.1, -0.05) is 29.3 Å². The number of aryl methyl sites for hydroxylation is 1. The maximum atomic E-state index is 6.04. The molecule has 0 radical (unpaired) electrons. The molecule has 4 heteroatoms. The molecule has 0 fully saturated rings. The summed E-state index contributed by atoms with van der Waals surface area (Å²) >= 11 is 12.0. The van der Waals surface area contributed by atoms with Gasteiger partial charge in [0.1, 0.15) is 0 Å². The lowest BCUT2D eigenvalue weighted by Crippen LogP contribution is -1.95. The second-order valence-corrected chi connectivity index (χ2v) is 4.88. The van der Waals surface area contributed by atoms with E-state index in [1.807, 2.05) is 24.4 Å². The third kappa shape index (κ3) is 1.53. The first-order valence-electron chi connectivity index (χ1n) is 5.23. The number of nitrogens with zero attached hydrogens (tertiary/aromatic N) is 1. The molecule has 3 rings (SSSR count). The minimum atomic E-state index is 0.406. The van der Waals surface area contributed by atoms with Crippen molar-refractivity contribution in [1.82, 2.24) is 10.2 Å². The van der Waals surface area contributed by atoms with Crippen molar-refractivity contribution in [3.63, 3.8) is 0 Å². The van der Waals surface area contributed by atoms with Crippen molar-refractivity contribution in [2.75, 3.05) is 0 Å². The van der Waals surface area contributed by atoms with Gasteiger partial charge >= 0.3 is 0 Å². The Morgan fingerprint density at radius 3 is 2.94 bits per heavy atom. The second kappa shape index (κ2) is 3.79.